The summed E-state index contributed by atoms with van der Waals surface area (Å²) in [6, 6.07) is 7.76. The molecule has 0 saturated carbocycles. The van der Waals surface area contributed by atoms with Gasteiger partial charge in [0.05, 0.1) is 26.2 Å². The van der Waals surface area contributed by atoms with Gasteiger partial charge >= 0.3 is 6.09 Å². The Kier molecular flexibility index (Phi) is 12.0. The average molecular weight is 537 g/mol. The first-order chi connectivity index (χ1) is 17.9. The van der Waals surface area contributed by atoms with Gasteiger partial charge in [-0.25, -0.2) is 4.48 Å². The van der Waals surface area contributed by atoms with Crippen LogP contribution >= 0.6 is 0 Å². The SMILES string of the molecule is CCCC[N+]1(C(=O)OC(C)(C)C)CCN(C(=O)[C@H](CCCc2ccc(OCC)cc2)CC(=O)N(O)O)CC1. The number of aryl methyl sites for hydroxylation is 1. The van der Waals surface area contributed by atoms with E-state index in [4.69, 9.17) is 9.47 Å². The fourth-order valence-electron chi connectivity index (χ4n) is 4.72. The van der Waals surface area contributed by atoms with E-state index in [9.17, 15) is 24.8 Å². The maximum Gasteiger partial charge on any atom is 0.516 e. The van der Waals surface area contributed by atoms with E-state index < -0.39 is 22.7 Å². The average Bonchev–Trinajstić information content (AvgIpc) is 2.86. The van der Waals surface area contributed by atoms with Crippen molar-refractivity contribution in [3.63, 3.8) is 0 Å². The first-order valence-corrected chi connectivity index (χ1v) is 13.7. The van der Waals surface area contributed by atoms with Crippen molar-refractivity contribution in [2.45, 2.75) is 78.7 Å². The van der Waals surface area contributed by atoms with Crippen molar-refractivity contribution in [3.8, 4) is 5.75 Å². The number of rotatable bonds is 12. The highest BCUT2D eigenvalue weighted by atomic mass is 16.8. The molecule has 1 heterocycles. The van der Waals surface area contributed by atoms with Crippen LogP contribution in [0.4, 0.5) is 4.79 Å². The predicted molar refractivity (Wildman–Crippen MR) is 142 cm³/mol. The van der Waals surface area contributed by atoms with Crippen molar-refractivity contribution < 1.29 is 38.8 Å². The standard InChI is InChI=1S/C28H46N3O7/c1-6-8-18-31(27(34)38-28(3,4)5)19-16-29(17-20-31)26(33)23(21-25(32)30(35)36)11-9-10-22-12-14-24(15-13-22)37-7-2/h12-15,23,35-36H,6-11,16-21H2,1-5H3/q+1/t23-/m1/s1. The lowest BCUT2D eigenvalue weighted by Crippen LogP contribution is -2.64. The highest BCUT2D eigenvalue weighted by Gasteiger charge is 2.44. The molecule has 10 heteroatoms. The number of hydroxylamine groups is 2. The number of hydrogen-bond donors (Lipinski definition) is 2. The number of carbonyl (C=O) groups is 3. The molecule has 0 unspecified atom stereocenters. The Bertz CT molecular complexity index is 904. The summed E-state index contributed by atoms with van der Waals surface area (Å²) in [5, 5.41) is 17.9. The van der Waals surface area contributed by atoms with Crippen molar-refractivity contribution in [2.24, 2.45) is 5.92 Å². The molecule has 1 saturated heterocycles. The second kappa shape index (κ2) is 14.5. The molecule has 38 heavy (non-hydrogen) atoms. The smallest absolute Gasteiger partial charge is 0.494 e. The van der Waals surface area contributed by atoms with Gasteiger partial charge in [-0.05, 0) is 71.1 Å². The molecule has 1 aromatic carbocycles. The molecule has 10 nitrogen and oxygen atoms in total. The van der Waals surface area contributed by atoms with E-state index in [0.29, 0.717) is 58.6 Å². The van der Waals surface area contributed by atoms with E-state index in [1.54, 1.807) is 4.90 Å². The Morgan fingerprint density at radius 2 is 1.68 bits per heavy atom. The Hall–Kier alpha value is -2.69. The van der Waals surface area contributed by atoms with Crippen molar-refractivity contribution in [2.75, 3.05) is 39.3 Å². The molecule has 2 rings (SSSR count). The summed E-state index contributed by atoms with van der Waals surface area (Å²) in [6.45, 7) is 12.4. The normalized spacial score (nSPS) is 16.0. The summed E-state index contributed by atoms with van der Waals surface area (Å²) >= 11 is 0. The molecule has 214 valence electrons. The monoisotopic (exact) mass is 536 g/mol. The summed E-state index contributed by atoms with van der Waals surface area (Å²) in [4.78, 5) is 40.4. The van der Waals surface area contributed by atoms with Crippen LogP contribution in [0.1, 0.15) is 72.3 Å². The molecular formula is C28H46N3O7+. The molecule has 2 N–H and O–H groups in total. The number of benzene rings is 1. The molecule has 1 fully saturated rings. The third-order valence-electron chi connectivity index (χ3n) is 6.87. The van der Waals surface area contributed by atoms with Crippen molar-refractivity contribution in [1.82, 2.24) is 10.1 Å². The van der Waals surface area contributed by atoms with Gasteiger partial charge in [0.1, 0.15) is 24.4 Å². The van der Waals surface area contributed by atoms with Crippen LogP contribution in [0.2, 0.25) is 0 Å². The second-order valence-corrected chi connectivity index (χ2v) is 11.0. The van der Waals surface area contributed by atoms with Crippen LogP contribution in [0.15, 0.2) is 24.3 Å². The van der Waals surface area contributed by atoms with Gasteiger partial charge in [-0.15, -0.1) is 0 Å². The van der Waals surface area contributed by atoms with Crippen molar-refractivity contribution in [3.05, 3.63) is 29.8 Å². The number of nitrogens with zero attached hydrogens (tertiary/aromatic N) is 3. The van der Waals surface area contributed by atoms with Crippen LogP contribution in [0.25, 0.3) is 0 Å². The largest absolute Gasteiger partial charge is 0.516 e. The highest BCUT2D eigenvalue weighted by Crippen LogP contribution is 2.24. The van der Waals surface area contributed by atoms with E-state index in [-0.39, 0.29) is 22.9 Å². The number of hydrogen-bond acceptors (Lipinski definition) is 7. The summed E-state index contributed by atoms with van der Waals surface area (Å²) < 4.78 is 11.4. The van der Waals surface area contributed by atoms with Gasteiger partial charge in [0.2, 0.25) is 5.91 Å². The second-order valence-electron chi connectivity index (χ2n) is 11.0. The molecule has 0 bridgehead atoms. The van der Waals surface area contributed by atoms with Crippen molar-refractivity contribution in [1.29, 1.82) is 0 Å². The fourth-order valence-corrected chi connectivity index (χ4v) is 4.72. The Balaban J connectivity index is 2.06. The zero-order valence-electron chi connectivity index (χ0n) is 23.6. The van der Waals surface area contributed by atoms with Crippen LogP contribution in [-0.4, -0.2) is 87.9 Å². The molecule has 1 aliphatic rings. The van der Waals surface area contributed by atoms with Gasteiger partial charge in [0.15, 0.2) is 0 Å². The highest BCUT2D eigenvalue weighted by molar-refractivity contribution is 5.85. The number of ether oxygens (including phenoxy) is 2. The van der Waals surface area contributed by atoms with Crippen LogP contribution in [0.5, 0.6) is 5.75 Å². The minimum absolute atomic E-state index is 0.178. The third kappa shape index (κ3) is 9.56. The molecule has 0 aliphatic carbocycles. The maximum absolute atomic E-state index is 13.5. The number of amides is 3. The van der Waals surface area contributed by atoms with Gasteiger partial charge < -0.3 is 14.4 Å². The van der Waals surface area contributed by atoms with Crippen LogP contribution in [0, 0.1) is 5.92 Å². The Labute approximate surface area is 226 Å². The molecular weight excluding hydrogens is 490 g/mol. The Morgan fingerprint density at radius 3 is 2.21 bits per heavy atom. The van der Waals surface area contributed by atoms with Gasteiger partial charge in [-0.1, -0.05) is 30.7 Å². The Morgan fingerprint density at radius 1 is 1.05 bits per heavy atom. The molecule has 1 atom stereocenters. The van der Waals surface area contributed by atoms with Gasteiger partial charge in [-0.2, -0.15) is 4.79 Å². The first-order valence-electron chi connectivity index (χ1n) is 13.7. The first kappa shape index (κ1) is 31.5. The lowest BCUT2D eigenvalue weighted by atomic mass is 9.94. The minimum atomic E-state index is -0.928. The molecule has 1 aromatic rings. The van der Waals surface area contributed by atoms with E-state index in [1.807, 2.05) is 52.0 Å². The number of carbonyl (C=O) groups excluding carboxylic acids is 3. The lowest BCUT2D eigenvalue weighted by molar-refractivity contribution is -0.863. The topological polar surface area (TPSA) is 117 Å². The summed E-state index contributed by atoms with van der Waals surface area (Å²) in [5.74, 6) is -1.03. The minimum Gasteiger partial charge on any atom is -0.494 e. The maximum atomic E-state index is 13.5. The zero-order chi connectivity index (χ0) is 28.3. The fraction of sp³-hybridized carbons (Fsp3) is 0.679. The number of quaternary nitrogens is 1. The van der Waals surface area contributed by atoms with Gasteiger partial charge in [0, 0.05) is 12.3 Å². The number of unbranched alkanes of at least 4 members (excludes halogenated alkanes) is 1. The summed E-state index contributed by atoms with van der Waals surface area (Å²) in [5.41, 5.74) is 0.488. The molecule has 1 aliphatic heterocycles. The van der Waals surface area contributed by atoms with Crippen LogP contribution in [-0.2, 0) is 20.7 Å². The predicted octanol–water partition coefficient (Wildman–Crippen LogP) is 4.42. The lowest BCUT2D eigenvalue weighted by Gasteiger charge is -2.43. The van der Waals surface area contributed by atoms with Gasteiger partial charge in [-0.3, -0.25) is 20.0 Å². The molecule has 0 aromatic heterocycles. The summed E-state index contributed by atoms with van der Waals surface area (Å²) in [7, 11) is 0. The third-order valence-corrected chi connectivity index (χ3v) is 6.87. The molecule has 0 radical (unpaired) electrons. The van der Waals surface area contributed by atoms with E-state index in [0.717, 1.165) is 24.2 Å². The van der Waals surface area contributed by atoms with Crippen LogP contribution in [0.3, 0.4) is 0 Å². The van der Waals surface area contributed by atoms with E-state index >= 15 is 0 Å². The van der Waals surface area contributed by atoms with Crippen LogP contribution < -0.4 is 4.74 Å². The number of piperazine rings is 1. The molecule has 0 spiro atoms. The zero-order valence-corrected chi connectivity index (χ0v) is 23.6. The van der Waals surface area contributed by atoms with Gasteiger partial charge in [0.25, 0.3) is 5.91 Å². The molecule has 3 amide bonds. The van der Waals surface area contributed by atoms with E-state index in [2.05, 4.69) is 6.92 Å². The van der Waals surface area contributed by atoms with E-state index in [1.165, 1.54) is 0 Å². The van der Waals surface area contributed by atoms with Crippen molar-refractivity contribution >= 4 is 17.9 Å². The quantitative estimate of drug-likeness (QED) is 0.231. The summed E-state index contributed by atoms with van der Waals surface area (Å²) in [6.07, 6.45) is 3.04.